The van der Waals surface area contributed by atoms with Gasteiger partial charge in [-0.15, -0.1) is 10.2 Å². The van der Waals surface area contributed by atoms with E-state index in [0.717, 1.165) is 38.3 Å². The van der Waals surface area contributed by atoms with Gasteiger partial charge in [0.2, 0.25) is 11.8 Å². The molecule has 1 aliphatic heterocycles. The monoisotopic (exact) mass is 345 g/mol. The fraction of sp³-hybridized carbons (Fsp3) is 0.579. The van der Waals surface area contributed by atoms with Crippen LogP contribution in [0.5, 0.6) is 5.75 Å². The van der Waals surface area contributed by atoms with Crippen molar-refractivity contribution in [3.8, 4) is 5.75 Å². The van der Waals surface area contributed by atoms with Gasteiger partial charge < -0.3 is 19.2 Å². The lowest BCUT2D eigenvalue weighted by Gasteiger charge is -2.39. The predicted molar refractivity (Wildman–Crippen MR) is 94.9 cm³/mol. The number of ether oxygens (including phenoxy) is 2. The average Bonchev–Trinajstić information content (AvgIpc) is 3.07. The Morgan fingerprint density at radius 1 is 1.24 bits per heavy atom. The van der Waals surface area contributed by atoms with E-state index in [9.17, 15) is 0 Å². The average molecular weight is 345 g/mol. The molecule has 1 aliphatic rings. The Labute approximate surface area is 148 Å². The van der Waals surface area contributed by atoms with Gasteiger partial charge in [0.1, 0.15) is 5.75 Å². The molecule has 2 heterocycles. The molecule has 1 aromatic carbocycles. The summed E-state index contributed by atoms with van der Waals surface area (Å²) in [5.74, 6) is 2.15. The lowest BCUT2D eigenvalue weighted by Crippen LogP contribution is -2.43. The zero-order valence-corrected chi connectivity index (χ0v) is 15.5. The van der Waals surface area contributed by atoms with E-state index in [2.05, 4.69) is 40.6 Å². The normalized spacial score (nSPS) is 18.1. The van der Waals surface area contributed by atoms with E-state index < -0.39 is 0 Å². The first-order valence-corrected chi connectivity index (χ1v) is 8.80. The second-order valence-corrected chi connectivity index (χ2v) is 6.86. The Kier molecular flexibility index (Phi) is 5.39. The van der Waals surface area contributed by atoms with Crippen LogP contribution < -0.4 is 10.1 Å². The molecule has 0 radical (unpaired) electrons. The molecule has 6 heteroatoms. The van der Waals surface area contributed by atoms with E-state index in [-0.39, 0.29) is 11.5 Å². The molecule has 1 saturated heterocycles. The fourth-order valence-corrected chi connectivity index (χ4v) is 3.46. The van der Waals surface area contributed by atoms with Crippen molar-refractivity contribution in [2.24, 2.45) is 0 Å². The van der Waals surface area contributed by atoms with Crippen LogP contribution in [0.25, 0.3) is 0 Å². The van der Waals surface area contributed by atoms with Gasteiger partial charge in [-0.2, -0.15) is 0 Å². The third kappa shape index (κ3) is 3.85. The molecular weight excluding hydrogens is 318 g/mol. The quantitative estimate of drug-likeness (QED) is 0.867. The van der Waals surface area contributed by atoms with Crippen LogP contribution in [0.1, 0.15) is 48.7 Å². The summed E-state index contributed by atoms with van der Waals surface area (Å²) in [5.41, 5.74) is 2.46. The second kappa shape index (κ2) is 7.54. The van der Waals surface area contributed by atoms with Crippen molar-refractivity contribution in [3.63, 3.8) is 0 Å². The highest BCUT2D eigenvalue weighted by Crippen LogP contribution is 2.40. The number of nitrogens with one attached hydrogen (secondary N) is 1. The number of aromatic nitrogens is 2. The van der Waals surface area contributed by atoms with Crippen molar-refractivity contribution in [1.82, 2.24) is 15.5 Å². The minimum Gasteiger partial charge on any atom is -0.496 e. The molecule has 0 spiro atoms. The van der Waals surface area contributed by atoms with Gasteiger partial charge in [-0.25, -0.2) is 0 Å². The molecule has 0 saturated carbocycles. The molecular formula is C19H27N3O3. The minimum atomic E-state index is -0.0288. The number of aryl methyl sites for hydroxylation is 2. The molecule has 2 aromatic rings. The molecule has 1 N–H and O–H groups in total. The predicted octanol–water partition coefficient (Wildman–Crippen LogP) is 3.09. The van der Waals surface area contributed by atoms with Crippen molar-refractivity contribution in [3.05, 3.63) is 41.1 Å². The van der Waals surface area contributed by atoms with Gasteiger partial charge in [0.15, 0.2) is 0 Å². The molecule has 25 heavy (non-hydrogen) atoms. The highest BCUT2D eigenvalue weighted by atomic mass is 16.5. The zero-order valence-electron chi connectivity index (χ0n) is 15.5. The number of hydrogen-bond acceptors (Lipinski definition) is 6. The standard InChI is InChI=1S/C19H27N3O3/c1-13-5-6-17(23-4)16(11-13)19(7-9-24-10-8-19)12-20-14(2)18-22-21-15(3)25-18/h5-6,11,14,20H,7-10,12H2,1-4H3. The van der Waals surface area contributed by atoms with Gasteiger partial charge in [0, 0.05) is 37.7 Å². The summed E-state index contributed by atoms with van der Waals surface area (Å²) >= 11 is 0. The fourth-order valence-electron chi connectivity index (χ4n) is 3.46. The Morgan fingerprint density at radius 2 is 2.00 bits per heavy atom. The summed E-state index contributed by atoms with van der Waals surface area (Å²) in [7, 11) is 1.73. The van der Waals surface area contributed by atoms with Crippen LogP contribution in [-0.2, 0) is 10.2 Å². The number of hydrogen-bond donors (Lipinski definition) is 1. The maximum Gasteiger partial charge on any atom is 0.233 e. The van der Waals surface area contributed by atoms with Crippen molar-refractivity contribution in [2.45, 2.75) is 45.1 Å². The van der Waals surface area contributed by atoms with Gasteiger partial charge in [-0.05, 0) is 32.8 Å². The van der Waals surface area contributed by atoms with Crippen LogP contribution in [-0.4, -0.2) is 37.1 Å². The number of benzene rings is 1. The molecule has 0 amide bonds. The molecule has 136 valence electrons. The van der Waals surface area contributed by atoms with E-state index in [4.69, 9.17) is 13.9 Å². The summed E-state index contributed by atoms with van der Waals surface area (Å²) in [6.45, 7) is 8.29. The Morgan fingerprint density at radius 3 is 2.64 bits per heavy atom. The van der Waals surface area contributed by atoms with Crippen LogP contribution in [0.3, 0.4) is 0 Å². The van der Waals surface area contributed by atoms with E-state index in [1.807, 2.05) is 6.92 Å². The van der Waals surface area contributed by atoms with Crippen LogP contribution in [0, 0.1) is 13.8 Å². The SMILES string of the molecule is COc1ccc(C)cc1C1(CNC(C)c2nnc(C)o2)CCOCC1. The molecule has 0 aliphatic carbocycles. The van der Waals surface area contributed by atoms with Gasteiger partial charge in [-0.1, -0.05) is 17.7 Å². The van der Waals surface area contributed by atoms with Crippen molar-refractivity contribution in [1.29, 1.82) is 0 Å². The minimum absolute atomic E-state index is 0.00303. The molecule has 1 atom stereocenters. The highest BCUT2D eigenvalue weighted by Gasteiger charge is 2.37. The van der Waals surface area contributed by atoms with Crippen LogP contribution in [0.2, 0.25) is 0 Å². The summed E-state index contributed by atoms with van der Waals surface area (Å²) in [4.78, 5) is 0. The molecule has 1 unspecified atom stereocenters. The molecule has 3 rings (SSSR count). The van der Waals surface area contributed by atoms with E-state index in [1.54, 1.807) is 14.0 Å². The number of rotatable bonds is 6. The third-order valence-electron chi connectivity index (χ3n) is 5.03. The van der Waals surface area contributed by atoms with E-state index >= 15 is 0 Å². The Bertz CT molecular complexity index is 708. The van der Waals surface area contributed by atoms with Crippen molar-refractivity contribution >= 4 is 0 Å². The van der Waals surface area contributed by atoms with E-state index in [0.29, 0.717) is 11.8 Å². The maximum atomic E-state index is 5.66. The smallest absolute Gasteiger partial charge is 0.233 e. The Hall–Kier alpha value is -1.92. The molecule has 6 nitrogen and oxygen atoms in total. The molecule has 0 bridgehead atoms. The van der Waals surface area contributed by atoms with Gasteiger partial charge in [0.25, 0.3) is 0 Å². The number of nitrogens with zero attached hydrogens (tertiary/aromatic N) is 2. The summed E-state index contributed by atoms with van der Waals surface area (Å²) < 4.78 is 16.9. The summed E-state index contributed by atoms with van der Waals surface area (Å²) in [6, 6.07) is 6.39. The molecule has 1 fully saturated rings. The number of methoxy groups -OCH3 is 1. The summed E-state index contributed by atoms with van der Waals surface area (Å²) in [5, 5.41) is 11.6. The van der Waals surface area contributed by atoms with Gasteiger partial charge in [-0.3, -0.25) is 0 Å². The first-order chi connectivity index (χ1) is 12.0. The maximum absolute atomic E-state index is 5.66. The third-order valence-corrected chi connectivity index (χ3v) is 5.03. The Balaban J connectivity index is 1.85. The zero-order chi connectivity index (χ0) is 17.9. The van der Waals surface area contributed by atoms with Crippen LogP contribution in [0.15, 0.2) is 22.6 Å². The van der Waals surface area contributed by atoms with Crippen molar-refractivity contribution < 1.29 is 13.9 Å². The second-order valence-electron chi connectivity index (χ2n) is 6.86. The molecule has 1 aromatic heterocycles. The first kappa shape index (κ1) is 17.9. The van der Waals surface area contributed by atoms with Crippen LogP contribution >= 0.6 is 0 Å². The topological polar surface area (TPSA) is 69.4 Å². The lowest BCUT2D eigenvalue weighted by atomic mass is 9.73. The largest absolute Gasteiger partial charge is 0.496 e. The van der Waals surface area contributed by atoms with Crippen LogP contribution in [0.4, 0.5) is 0 Å². The van der Waals surface area contributed by atoms with Gasteiger partial charge in [0.05, 0.1) is 13.2 Å². The lowest BCUT2D eigenvalue weighted by molar-refractivity contribution is 0.0478. The first-order valence-electron chi connectivity index (χ1n) is 8.80. The highest BCUT2D eigenvalue weighted by molar-refractivity contribution is 5.43. The summed E-state index contributed by atoms with van der Waals surface area (Å²) in [6.07, 6.45) is 1.91. The van der Waals surface area contributed by atoms with Crippen molar-refractivity contribution in [2.75, 3.05) is 26.9 Å². The van der Waals surface area contributed by atoms with E-state index in [1.165, 1.54) is 11.1 Å². The van der Waals surface area contributed by atoms with Gasteiger partial charge >= 0.3 is 0 Å².